The quantitative estimate of drug-likeness (QED) is 0.451. The van der Waals surface area contributed by atoms with E-state index in [2.05, 4.69) is 62.5 Å². The zero-order valence-electron chi connectivity index (χ0n) is 20.9. The van der Waals surface area contributed by atoms with Crippen LogP contribution in [0.15, 0.2) is 60.7 Å². The fourth-order valence-electron chi connectivity index (χ4n) is 7.69. The molecule has 1 amide bonds. The summed E-state index contributed by atoms with van der Waals surface area (Å²) in [5, 5.41) is 12.7. The zero-order valence-corrected chi connectivity index (χ0v) is 20.9. The molecule has 5 nitrogen and oxygen atoms in total. The molecule has 3 aromatic carbocycles. The van der Waals surface area contributed by atoms with E-state index < -0.39 is 23.5 Å². The number of hydrogen-bond acceptors (Lipinski definition) is 3. The van der Waals surface area contributed by atoms with E-state index in [0.29, 0.717) is 0 Å². The number of carboxylic acid groups (broad SMARTS) is 1. The van der Waals surface area contributed by atoms with Gasteiger partial charge in [0.05, 0.1) is 0 Å². The van der Waals surface area contributed by atoms with E-state index in [1.807, 2.05) is 24.3 Å². The molecule has 7 rings (SSSR count). The van der Waals surface area contributed by atoms with Crippen LogP contribution in [0.3, 0.4) is 0 Å². The fraction of sp³-hybridized carbons (Fsp3) is 0.355. The number of carbonyl (C=O) groups is 2. The zero-order chi connectivity index (χ0) is 25.2. The number of carboxylic acids is 1. The van der Waals surface area contributed by atoms with Gasteiger partial charge in [0.25, 0.3) is 0 Å². The van der Waals surface area contributed by atoms with Crippen molar-refractivity contribution in [1.29, 1.82) is 0 Å². The second-order valence-electron chi connectivity index (χ2n) is 11.2. The van der Waals surface area contributed by atoms with Crippen molar-refractivity contribution in [3.05, 3.63) is 94.0 Å². The first kappa shape index (κ1) is 22.8. The first-order valence-electron chi connectivity index (χ1n) is 12.7. The number of benzene rings is 3. The molecule has 0 radical (unpaired) electrons. The van der Waals surface area contributed by atoms with Gasteiger partial charge in [0, 0.05) is 11.3 Å². The van der Waals surface area contributed by atoms with Crippen molar-refractivity contribution in [1.82, 2.24) is 5.32 Å². The smallest absolute Gasteiger partial charge is 0.407 e. The second kappa shape index (κ2) is 7.95. The summed E-state index contributed by atoms with van der Waals surface area (Å²) in [6.45, 7) is 6.56. The number of fused-ring (bicyclic) bond motifs is 3. The van der Waals surface area contributed by atoms with Crippen LogP contribution in [0.1, 0.15) is 58.6 Å². The Kier molecular flexibility index (Phi) is 5.05. The van der Waals surface area contributed by atoms with Gasteiger partial charge in [0.15, 0.2) is 0 Å². The van der Waals surface area contributed by atoms with Crippen molar-refractivity contribution < 1.29 is 19.4 Å². The van der Waals surface area contributed by atoms with Gasteiger partial charge in [-0.1, -0.05) is 66.2 Å². The Balaban J connectivity index is 1.14. The Labute approximate surface area is 211 Å². The maximum Gasteiger partial charge on any atom is 0.407 e. The van der Waals surface area contributed by atoms with E-state index in [-0.39, 0.29) is 17.9 Å². The SMILES string of the molecule is Cc1cc(C)c(C23CC(C(NC(=O)OCC4c5ccccc5-c5ccccc54)C(=O)O)(C2)C3)c(C)c1. The van der Waals surface area contributed by atoms with Crippen molar-refractivity contribution in [3.63, 3.8) is 0 Å². The molecule has 3 fully saturated rings. The van der Waals surface area contributed by atoms with Crippen LogP contribution in [0.4, 0.5) is 4.79 Å². The predicted molar refractivity (Wildman–Crippen MR) is 138 cm³/mol. The summed E-state index contributed by atoms with van der Waals surface area (Å²) >= 11 is 0. The average molecular weight is 482 g/mol. The van der Waals surface area contributed by atoms with E-state index in [4.69, 9.17) is 4.74 Å². The molecule has 4 aliphatic rings. The summed E-state index contributed by atoms with van der Waals surface area (Å²) < 4.78 is 5.65. The van der Waals surface area contributed by atoms with Crippen molar-refractivity contribution in [3.8, 4) is 11.1 Å². The molecule has 1 unspecified atom stereocenters. The minimum atomic E-state index is -0.992. The molecule has 3 saturated carbocycles. The number of ether oxygens (including phenoxy) is 1. The van der Waals surface area contributed by atoms with Gasteiger partial charge in [-0.05, 0) is 84.4 Å². The standard InChI is InChI=1S/C31H31NO4/c1-18-12-19(2)26(20(3)13-18)30-15-31(16-30,17-30)27(28(33)34)32-29(35)36-14-25-23-10-6-4-8-21(23)22-9-5-7-11-24(22)25/h4-13,25,27H,14-17H2,1-3H3,(H,32,35)(H,33,34). The third kappa shape index (κ3) is 3.29. The van der Waals surface area contributed by atoms with Crippen LogP contribution in [0.2, 0.25) is 0 Å². The Bertz CT molecular complexity index is 1320. The van der Waals surface area contributed by atoms with Gasteiger partial charge in [-0.15, -0.1) is 0 Å². The van der Waals surface area contributed by atoms with Crippen molar-refractivity contribution >= 4 is 12.1 Å². The van der Waals surface area contributed by atoms with Crippen LogP contribution >= 0.6 is 0 Å². The Morgan fingerprint density at radius 3 is 2.00 bits per heavy atom. The molecule has 0 saturated heterocycles. The van der Waals surface area contributed by atoms with E-state index in [0.717, 1.165) is 41.5 Å². The summed E-state index contributed by atoms with van der Waals surface area (Å²) in [5.41, 5.74) is 9.38. The Hall–Kier alpha value is -3.60. The highest BCUT2D eigenvalue weighted by atomic mass is 16.5. The first-order chi connectivity index (χ1) is 17.2. The molecule has 2 bridgehead atoms. The lowest BCUT2D eigenvalue weighted by molar-refractivity contribution is -0.183. The lowest BCUT2D eigenvalue weighted by Crippen LogP contribution is -2.73. The average Bonchev–Trinajstić information content (AvgIpc) is 3.10. The van der Waals surface area contributed by atoms with E-state index >= 15 is 0 Å². The molecule has 0 aliphatic heterocycles. The molecule has 4 aliphatic carbocycles. The molecule has 2 N–H and O–H groups in total. The molecule has 36 heavy (non-hydrogen) atoms. The van der Waals surface area contributed by atoms with Gasteiger partial charge in [0.1, 0.15) is 12.6 Å². The summed E-state index contributed by atoms with van der Waals surface area (Å²) in [4.78, 5) is 25.1. The molecular formula is C31H31NO4. The number of rotatable bonds is 6. The lowest BCUT2D eigenvalue weighted by atomic mass is 9.31. The van der Waals surface area contributed by atoms with Gasteiger partial charge in [-0.25, -0.2) is 9.59 Å². The molecule has 1 atom stereocenters. The molecule has 0 spiro atoms. The number of aryl methyl sites for hydroxylation is 3. The molecular weight excluding hydrogens is 450 g/mol. The maximum atomic E-state index is 12.8. The van der Waals surface area contributed by atoms with Crippen LogP contribution in [0.5, 0.6) is 0 Å². The maximum absolute atomic E-state index is 12.8. The predicted octanol–water partition coefficient (Wildman–Crippen LogP) is 6.03. The number of aliphatic carboxylic acids is 1. The van der Waals surface area contributed by atoms with Gasteiger partial charge in [-0.2, -0.15) is 0 Å². The molecule has 3 aromatic rings. The fourth-order valence-corrected chi connectivity index (χ4v) is 7.69. The van der Waals surface area contributed by atoms with E-state index in [1.54, 1.807) is 0 Å². The summed E-state index contributed by atoms with van der Waals surface area (Å²) in [5.74, 6) is -1.05. The summed E-state index contributed by atoms with van der Waals surface area (Å²) in [6.07, 6.45) is 1.69. The number of hydrogen-bond donors (Lipinski definition) is 2. The molecule has 0 aromatic heterocycles. The Morgan fingerprint density at radius 1 is 0.944 bits per heavy atom. The number of nitrogens with one attached hydrogen (secondary N) is 1. The molecule has 0 heterocycles. The second-order valence-corrected chi connectivity index (χ2v) is 11.2. The largest absolute Gasteiger partial charge is 0.480 e. The highest BCUT2D eigenvalue weighted by molar-refractivity contribution is 5.82. The summed E-state index contributed by atoms with van der Waals surface area (Å²) in [6, 6.07) is 19.8. The third-order valence-corrected chi connectivity index (χ3v) is 8.74. The third-order valence-electron chi connectivity index (χ3n) is 8.74. The highest BCUT2D eigenvalue weighted by Crippen LogP contribution is 2.75. The highest BCUT2D eigenvalue weighted by Gasteiger charge is 2.73. The van der Waals surface area contributed by atoms with Crippen LogP contribution in [-0.2, 0) is 14.9 Å². The van der Waals surface area contributed by atoms with Crippen LogP contribution in [0.25, 0.3) is 11.1 Å². The van der Waals surface area contributed by atoms with Crippen molar-refractivity contribution in [2.75, 3.05) is 6.61 Å². The van der Waals surface area contributed by atoms with Crippen LogP contribution in [-0.4, -0.2) is 29.8 Å². The van der Waals surface area contributed by atoms with E-state index in [9.17, 15) is 14.7 Å². The minimum Gasteiger partial charge on any atom is -0.480 e. The monoisotopic (exact) mass is 481 g/mol. The minimum absolute atomic E-state index is 0.0401. The first-order valence-corrected chi connectivity index (χ1v) is 12.7. The number of carbonyl (C=O) groups excluding carboxylic acids is 1. The Morgan fingerprint density at radius 2 is 1.47 bits per heavy atom. The van der Waals surface area contributed by atoms with Gasteiger partial charge < -0.3 is 15.2 Å². The van der Waals surface area contributed by atoms with Crippen molar-refractivity contribution in [2.24, 2.45) is 5.41 Å². The topological polar surface area (TPSA) is 75.6 Å². The van der Waals surface area contributed by atoms with Gasteiger partial charge >= 0.3 is 12.1 Å². The number of amides is 1. The van der Waals surface area contributed by atoms with E-state index in [1.165, 1.54) is 22.3 Å². The number of alkyl carbamates (subject to hydrolysis) is 1. The van der Waals surface area contributed by atoms with Gasteiger partial charge in [0.2, 0.25) is 0 Å². The van der Waals surface area contributed by atoms with Crippen LogP contribution in [0, 0.1) is 26.2 Å². The van der Waals surface area contributed by atoms with Crippen LogP contribution < -0.4 is 5.32 Å². The lowest BCUT2D eigenvalue weighted by Gasteiger charge is -2.73. The van der Waals surface area contributed by atoms with Crippen molar-refractivity contribution in [2.45, 2.75) is 57.4 Å². The molecule has 5 heteroatoms. The summed E-state index contributed by atoms with van der Waals surface area (Å²) in [7, 11) is 0. The van der Waals surface area contributed by atoms with Gasteiger partial charge in [-0.3, -0.25) is 0 Å². The molecule has 184 valence electrons. The normalized spacial score (nSPS) is 24.1.